The molecular weight excluding hydrogens is 432 g/mol. The monoisotopic (exact) mass is 466 g/mol. The third kappa shape index (κ3) is 6.57. The minimum absolute atomic E-state index is 0.0921. The number of carbonyl (C=O) groups is 1. The van der Waals surface area contributed by atoms with Crippen LogP contribution in [0, 0.1) is 5.92 Å². The molecule has 3 aromatic carbocycles. The predicted octanol–water partition coefficient (Wildman–Crippen LogP) is 5.75. The van der Waals surface area contributed by atoms with Crippen molar-refractivity contribution in [1.82, 2.24) is 5.32 Å². The second-order valence-electron chi connectivity index (χ2n) is 8.59. The van der Waals surface area contributed by atoms with E-state index >= 15 is 0 Å². The molecule has 0 unspecified atom stereocenters. The Bertz CT molecular complexity index is 1170. The fourth-order valence-corrected chi connectivity index (χ4v) is 4.92. The normalized spacial score (nSPS) is 12.5. The van der Waals surface area contributed by atoms with E-state index in [4.69, 9.17) is 0 Å². The van der Waals surface area contributed by atoms with Crippen LogP contribution in [0.3, 0.4) is 0 Å². The van der Waals surface area contributed by atoms with Crippen molar-refractivity contribution in [3.8, 4) is 0 Å². The van der Waals surface area contributed by atoms with Crippen molar-refractivity contribution < 1.29 is 13.2 Å². The molecule has 5 nitrogen and oxygen atoms in total. The van der Waals surface area contributed by atoms with E-state index in [1.54, 1.807) is 12.1 Å². The van der Waals surface area contributed by atoms with E-state index in [9.17, 15) is 13.2 Å². The maximum absolute atomic E-state index is 12.7. The Kier molecular flexibility index (Phi) is 8.50. The number of benzene rings is 3. The van der Waals surface area contributed by atoms with Crippen LogP contribution < -0.4 is 9.62 Å². The van der Waals surface area contributed by atoms with Gasteiger partial charge in [0.25, 0.3) is 5.91 Å². The molecule has 1 N–H and O–H groups in total. The molecule has 0 aliphatic heterocycles. The summed E-state index contributed by atoms with van der Waals surface area (Å²) in [7, 11) is -3.51. The molecule has 0 aliphatic rings. The van der Waals surface area contributed by atoms with Crippen molar-refractivity contribution in [2.24, 2.45) is 5.92 Å². The molecule has 1 amide bonds. The molecule has 0 bridgehead atoms. The fourth-order valence-electron chi connectivity index (χ4n) is 4.02. The first-order valence-corrected chi connectivity index (χ1v) is 13.5. The number of sulfonamides is 1. The molecule has 176 valence electrons. The molecule has 0 fully saturated rings. The van der Waals surface area contributed by atoms with Gasteiger partial charge in [-0.2, -0.15) is 0 Å². The topological polar surface area (TPSA) is 66.5 Å². The molecule has 1 atom stereocenters. The van der Waals surface area contributed by atoms with Gasteiger partial charge in [0.15, 0.2) is 0 Å². The molecule has 3 aromatic rings. The first-order chi connectivity index (χ1) is 15.8. The Morgan fingerprint density at radius 2 is 1.67 bits per heavy atom. The van der Waals surface area contributed by atoms with E-state index < -0.39 is 10.0 Å². The molecule has 6 heteroatoms. The Hall–Kier alpha value is -2.86. The van der Waals surface area contributed by atoms with Crippen LogP contribution in [0.2, 0.25) is 0 Å². The second-order valence-corrected chi connectivity index (χ2v) is 10.5. The van der Waals surface area contributed by atoms with Gasteiger partial charge in [0, 0.05) is 17.5 Å². The summed E-state index contributed by atoms with van der Waals surface area (Å²) < 4.78 is 26.8. The average molecular weight is 467 g/mol. The number of rotatable bonds is 11. The summed E-state index contributed by atoms with van der Waals surface area (Å²) in [5.74, 6) is 0.405. The Labute approximate surface area is 197 Å². The first kappa shape index (κ1) is 24.8. The van der Waals surface area contributed by atoms with Crippen molar-refractivity contribution in [3.05, 3.63) is 77.9 Å². The lowest BCUT2D eigenvalue weighted by Gasteiger charge is -2.24. The number of hydrogen-bond donors (Lipinski definition) is 1. The van der Waals surface area contributed by atoms with Crippen molar-refractivity contribution in [2.45, 2.75) is 46.1 Å². The van der Waals surface area contributed by atoms with Crippen molar-refractivity contribution >= 4 is 32.4 Å². The number of fused-ring (bicyclic) bond motifs is 1. The lowest BCUT2D eigenvalue weighted by molar-refractivity contribution is 0.0946. The highest BCUT2D eigenvalue weighted by Crippen LogP contribution is 2.29. The molecule has 0 aliphatic carbocycles. The average Bonchev–Trinajstić information content (AvgIpc) is 2.82. The minimum Gasteiger partial charge on any atom is -0.352 e. The third-order valence-corrected chi connectivity index (χ3v) is 7.20. The zero-order valence-electron chi connectivity index (χ0n) is 19.8. The van der Waals surface area contributed by atoms with Gasteiger partial charge in [-0.25, -0.2) is 8.42 Å². The molecule has 0 heterocycles. The van der Waals surface area contributed by atoms with E-state index in [1.165, 1.54) is 17.0 Å². The molecule has 0 radical (unpaired) electrons. The van der Waals surface area contributed by atoms with E-state index in [2.05, 4.69) is 19.2 Å². The van der Waals surface area contributed by atoms with Gasteiger partial charge in [-0.3, -0.25) is 9.10 Å². The van der Waals surface area contributed by atoms with Crippen LogP contribution >= 0.6 is 0 Å². The van der Waals surface area contributed by atoms with Crippen LogP contribution in [0.5, 0.6) is 0 Å². The van der Waals surface area contributed by atoms with Crippen LogP contribution in [0.15, 0.2) is 66.7 Å². The molecule has 0 saturated heterocycles. The highest BCUT2D eigenvalue weighted by atomic mass is 32.2. The van der Waals surface area contributed by atoms with Crippen LogP contribution in [0.1, 0.15) is 55.5 Å². The molecular formula is C27H34N2O3S. The largest absolute Gasteiger partial charge is 0.352 e. The maximum Gasteiger partial charge on any atom is 0.251 e. The van der Waals surface area contributed by atoms with Gasteiger partial charge in [0.05, 0.1) is 18.5 Å². The van der Waals surface area contributed by atoms with E-state index in [-0.39, 0.29) is 12.5 Å². The summed E-state index contributed by atoms with van der Waals surface area (Å²) in [4.78, 5) is 12.6. The highest BCUT2D eigenvalue weighted by Gasteiger charge is 2.20. The second kappa shape index (κ2) is 11.3. The zero-order chi connectivity index (χ0) is 23.8. The Morgan fingerprint density at radius 1 is 0.970 bits per heavy atom. The van der Waals surface area contributed by atoms with E-state index in [0.29, 0.717) is 23.7 Å². The van der Waals surface area contributed by atoms with Crippen molar-refractivity contribution in [2.75, 3.05) is 17.1 Å². The van der Waals surface area contributed by atoms with Crippen LogP contribution in [0.25, 0.3) is 10.8 Å². The van der Waals surface area contributed by atoms with Crippen LogP contribution in [0.4, 0.5) is 5.69 Å². The minimum atomic E-state index is -3.51. The summed E-state index contributed by atoms with van der Waals surface area (Å²) in [6, 6.07) is 20.6. The standard InChI is InChI=1S/C27H34N2O3S/c1-4-6-10-21(5-2)19-28-27(30)24-17-15-22(16-18-24)20-29(33(3,31)32)26-14-9-12-23-11-7-8-13-25(23)26/h7-9,11-18,21H,4-6,10,19-20H2,1-3H3,(H,28,30)/t21-/m1/s1. The van der Waals surface area contributed by atoms with Crippen LogP contribution in [-0.2, 0) is 16.6 Å². The van der Waals surface area contributed by atoms with Gasteiger partial charge in [0.2, 0.25) is 10.0 Å². The highest BCUT2D eigenvalue weighted by molar-refractivity contribution is 7.92. The summed E-state index contributed by atoms with van der Waals surface area (Å²) in [6.45, 7) is 5.21. The predicted molar refractivity (Wildman–Crippen MR) is 137 cm³/mol. The quantitative estimate of drug-likeness (QED) is 0.391. The van der Waals surface area contributed by atoms with Gasteiger partial charge in [0.1, 0.15) is 0 Å². The van der Waals surface area contributed by atoms with Crippen molar-refractivity contribution in [1.29, 1.82) is 0 Å². The van der Waals surface area contributed by atoms with Gasteiger partial charge in [-0.05, 0) is 41.5 Å². The lowest BCUT2D eigenvalue weighted by atomic mass is 9.99. The van der Waals surface area contributed by atoms with E-state index in [0.717, 1.165) is 35.6 Å². The molecule has 0 spiro atoms. The maximum atomic E-state index is 12.7. The molecule has 3 rings (SSSR count). The Balaban J connectivity index is 1.74. The number of hydrogen-bond acceptors (Lipinski definition) is 3. The van der Waals surface area contributed by atoms with Gasteiger partial charge in [-0.15, -0.1) is 0 Å². The number of amides is 1. The molecule has 33 heavy (non-hydrogen) atoms. The number of nitrogens with one attached hydrogen (secondary N) is 1. The third-order valence-electron chi connectivity index (χ3n) is 6.07. The Morgan fingerprint density at radius 3 is 2.33 bits per heavy atom. The summed E-state index contributed by atoms with van der Waals surface area (Å²) in [6.07, 6.45) is 5.74. The zero-order valence-corrected chi connectivity index (χ0v) is 20.6. The first-order valence-electron chi connectivity index (χ1n) is 11.7. The smallest absolute Gasteiger partial charge is 0.251 e. The number of nitrogens with zero attached hydrogens (tertiary/aromatic N) is 1. The lowest BCUT2D eigenvalue weighted by Crippen LogP contribution is -2.30. The van der Waals surface area contributed by atoms with Gasteiger partial charge < -0.3 is 5.32 Å². The molecule has 0 aromatic heterocycles. The number of carbonyl (C=O) groups excluding carboxylic acids is 1. The van der Waals surface area contributed by atoms with Gasteiger partial charge in [-0.1, -0.05) is 81.6 Å². The summed E-state index contributed by atoms with van der Waals surface area (Å²) in [5.41, 5.74) is 2.05. The fraction of sp³-hybridized carbons (Fsp3) is 0.370. The van der Waals surface area contributed by atoms with E-state index in [1.807, 2.05) is 54.6 Å². The van der Waals surface area contributed by atoms with Crippen molar-refractivity contribution in [3.63, 3.8) is 0 Å². The summed E-state index contributed by atoms with van der Waals surface area (Å²) >= 11 is 0. The summed E-state index contributed by atoms with van der Waals surface area (Å²) in [5, 5.41) is 4.91. The number of anilines is 1. The SMILES string of the molecule is CCCC[C@@H](CC)CNC(=O)c1ccc(CN(c2cccc3ccccc23)S(C)(=O)=O)cc1. The molecule has 0 saturated carbocycles. The van der Waals surface area contributed by atoms with Crippen LogP contribution in [-0.4, -0.2) is 27.1 Å². The van der Waals surface area contributed by atoms with Gasteiger partial charge >= 0.3 is 0 Å². The number of unbranched alkanes of at least 4 members (excludes halogenated alkanes) is 1.